The third-order valence-electron chi connectivity index (χ3n) is 4.18. The zero-order chi connectivity index (χ0) is 18.2. The fourth-order valence-electron chi connectivity index (χ4n) is 2.74. The van der Waals surface area contributed by atoms with Crippen LogP contribution in [-0.2, 0) is 4.74 Å². The van der Waals surface area contributed by atoms with Gasteiger partial charge in [0.15, 0.2) is 0 Å². The van der Waals surface area contributed by atoms with Crippen molar-refractivity contribution in [2.75, 3.05) is 57.1 Å². The van der Waals surface area contributed by atoms with Crippen LogP contribution in [0, 0.1) is 0 Å². The predicted octanol–water partition coefficient (Wildman–Crippen LogP) is 2.09. The van der Waals surface area contributed by atoms with E-state index in [1.807, 2.05) is 24.3 Å². The molecule has 0 atom stereocenters. The Balaban J connectivity index is 1.54. The summed E-state index contributed by atoms with van der Waals surface area (Å²) in [5, 5.41) is 6.18. The second-order valence-corrected chi connectivity index (χ2v) is 6.00. The van der Waals surface area contributed by atoms with Gasteiger partial charge >= 0.3 is 0 Å². The molecule has 0 aliphatic carbocycles. The molecule has 7 nitrogen and oxygen atoms in total. The maximum absolute atomic E-state index is 12.4. The molecule has 26 heavy (non-hydrogen) atoms. The highest BCUT2D eigenvalue weighted by Gasteiger charge is 2.11. The van der Waals surface area contributed by atoms with E-state index in [4.69, 9.17) is 9.47 Å². The minimum absolute atomic E-state index is 0.255. The SMILES string of the molecule is COc1cccc(NC(=O)c2cc(NCCN3CCOCC3)ccn2)c1. The molecule has 1 aromatic heterocycles. The molecule has 2 aromatic rings. The number of methoxy groups -OCH3 is 1. The van der Waals surface area contributed by atoms with Gasteiger partial charge in [-0.3, -0.25) is 14.7 Å². The number of aromatic nitrogens is 1. The lowest BCUT2D eigenvalue weighted by Crippen LogP contribution is -2.39. The predicted molar refractivity (Wildman–Crippen MR) is 101 cm³/mol. The molecule has 1 aromatic carbocycles. The van der Waals surface area contributed by atoms with Crippen molar-refractivity contribution in [1.29, 1.82) is 0 Å². The van der Waals surface area contributed by atoms with Crippen LogP contribution in [0.1, 0.15) is 10.5 Å². The zero-order valence-corrected chi connectivity index (χ0v) is 14.9. The Labute approximate surface area is 153 Å². The van der Waals surface area contributed by atoms with Gasteiger partial charge in [-0.15, -0.1) is 0 Å². The van der Waals surface area contributed by atoms with Crippen molar-refractivity contribution in [3.63, 3.8) is 0 Å². The van der Waals surface area contributed by atoms with Gasteiger partial charge < -0.3 is 20.1 Å². The van der Waals surface area contributed by atoms with Gasteiger partial charge in [0.25, 0.3) is 5.91 Å². The minimum Gasteiger partial charge on any atom is -0.497 e. The summed E-state index contributed by atoms with van der Waals surface area (Å²) in [6, 6.07) is 10.8. The molecule has 1 aliphatic heterocycles. The van der Waals surface area contributed by atoms with Crippen LogP contribution in [0.15, 0.2) is 42.6 Å². The van der Waals surface area contributed by atoms with Crippen molar-refractivity contribution in [2.45, 2.75) is 0 Å². The number of hydrogen-bond acceptors (Lipinski definition) is 6. The van der Waals surface area contributed by atoms with Crippen LogP contribution in [0.25, 0.3) is 0 Å². The molecule has 0 spiro atoms. The number of amides is 1. The molecule has 0 radical (unpaired) electrons. The van der Waals surface area contributed by atoms with Gasteiger partial charge in [-0.2, -0.15) is 0 Å². The van der Waals surface area contributed by atoms with Crippen LogP contribution < -0.4 is 15.4 Å². The van der Waals surface area contributed by atoms with Crippen molar-refractivity contribution >= 4 is 17.3 Å². The fraction of sp³-hybridized carbons (Fsp3) is 0.368. The van der Waals surface area contributed by atoms with Crippen LogP contribution in [0.2, 0.25) is 0 Å². The van der Waals surface area contributed by atoms with Gasteiger partial charge in [-0.05, 0) is 24.3 Å². The summed E-state index contributed by atoms with van der Waals surface area (Å²) in [5.41, 5.74) is 1.91. The van der Waals surface area contributed by atoms with Crippen molar-refractivity contribution < 1.29 is 14.3 Å². The maximum Gasteiger partial charge on any atom is 0.274 e. The van der Waals surface area contributed by atoms with E-state index in [0.29, 0.717) is 17.1 Å². The third-order valence-corrected chi connectivity index (χ3v) is 4.18. The average molecular weight is 356 g/mol. The normalized spacial score (nSPS) is 14.7. The molecule has 3 rings (SSSR count). The Bertz CT molecular complexity index is 732. The molecule has 0 bridgehead atoms. The van der Waals surface area contributed by atoms with Crippen molar-refractivity contribution in [2.24, 2.45) is 0 Å². The standard InChI is InChI=1S/C19H24N4O3/c1-25-17-4-2-3-16(13-17)22-19(24)18-14-15(5-6-21-18)20-7-8-23-9-11-26-12-10-23/h2-6,13-14H,7-12H2,1H3,(H,20,21)(H,22,24). The Morgan fingerprint density at radius 1 is 1.23 bits per heavy atom. The first-order valence-corrected chi connectivity index (χ1v) is 8.70. The quantitative estimate of drug-likeness (QED) is 0.791. The molecule has 2 N–H and O–H groups in total. The summed E-state index contributed by atoms with van der Waals surface area (Å²) in [5.74, 6) is 0.435. The van der Waals surface area contributed by atoms with E-state index in [0.717, 1.165) is 45.1 Å². The summed E-state index contributed by atoms with van der Waals surface area (Å²) in [4.78, 5) is 18.9. The molecule has 7 heteroatoms. The van der Waals surface area contributed by atoms with E-state index < -0.39 is 0 Å². The summed E-state index contributed by atoms with van der Waals surface area (Å²) in [6.45, 7) is 5.27. The first-order valence-electron chi connectivity index (χ1n) is 8.70. The lowest BCUT2D eigenvalue weighted by atomic mass is 10.2. The Kier molecular flexibility index (Phi) is 6.40. The number of rotatable bonds is 7. The van der Waals surface area contributed by atoms with Crippen LogP contribution in [0.3, 0.4) is 0 Å². The third kappa shape index (κ3) is 5.18. The molecule has 138 valence electrons. The number of hydrogen-bond donors (Lipinski definition) is 2. The van der Waals surface area contributed by atoms with Crippen molar-refractivity contribution in [3.05, 3.63) is 48.3 Å². The van der Waals surface area contributed by atoms with E-state index in [1.165, 1.54) is 0 Å². The maximum atomic E-state index is 12.4. The lowest BCUT2D eigenvalue weighted by molar-refractivity contribution is 0.0398. The smallest absolute Gasteiger partial charge is 0.274 e. The summed E-state index contributed by atoms with van der Waals surface area (Å²) in [6.07, 6.45) is 1.64. The number of carbonyl (C=O) groups excluding carboxylic acids is 1. The molecule has 1 amide bonds. The Hall–Kier alpha value is -2.64. The number of carbonyl (C=O) groups is 1. The fourth-order valence-corrected chi connectivity index (χ4v) is 2.74. The molecule has 2 heterocycles. The second-order valence-electron chi connectivity index (χ2n) is 6.00. The number of morpholine rings is 1. The van der Waals surface area contributed by atoms with E-state index in [2.05, 4.69) is 20.5 Å². The topological polar surface area (TPSA) is 75.7 Å². The number of nitrogens with zero attached hydrogens (tertiary/aromatic N) is 2. The van der Waals surface area contributed by atoms with Crippen LogP contribution in [-0.4, -0.2) is 62.3 Å². The highest BCUT2D eigenvalue weighted by Crippen LogP contribution is 2.17. The molecule has 0 saturated carbocycles. The van der Waals surface area contributed by atoms with Crippen molar-refractivity contribution in [3.8, 4) is 5.75 Å². The first kappa shape index (κ1) is 18.2. The molecule has 1 saturated heterocycles. The minimum atomic E-state index is -0.255. The van der Waals surface area contributed by atoms with Crippen LogP contribution in [0.5, 0.6) is 5.75 Å². The lowest BCUT2D eigenvalue weighted by Gasteiger charge is -2.26. The van der Waals surface area contributed by atoms with E-state index in [-0.39, 0.29) is 5.91 Å². The Morgan fingerprint density at radius 3 is 2.88 bits per heavy atom. The molecule has 0 unspecified atom stereocenters. The van der Waals surface area contributed by atoms with E-state index >= 15 is 0 Å². The largest absolute Gasteiger partial charge is 0.497 e. The number of pyridine rings is 1. The average Bonchev–Trinajstić information content (AvgIpc) is 2.69. The van der Waals surface area contributed by atoms with Gasteiger partial charge in [-0.1, -0.05) is 6.07 Å². The highest BCUT2D eigenvalue weighted by molar-refractivity contribution is 6.03. The van der Waals surface area contributed by atoms with Crippen molar-refractivity contribution in [1.82, 2.24) is 9.88 Å². The summed E-state index contributed by atoms with van der Waals surface area (Å²) < 4.78 is 10.5. The molecule has 1 aliphatic rings. The van der Waals surface area contributed by atoms with Gasteiger partial charge in [0.2, 0.25) is 0 Å². The van der Waals surface area contributed by atoms with Crippen LogP contribution in [0.4, 0.5) is 11.4 Å². The van der Waals surface area contributed by atoms with E-state index in [1.54, 1.807) is 25.4 Å². The van der Waals surface area contributed by atoms with Gasteiger partial charge in [0, 0.05) is 49.8 Å². The van der Waals surface area contributed by atoms with Crippen LogP contribution >= 0.6 is 0 Å². The second kappa shape index (κ2) is 9.17. The molecule has 1 fully saturated rings. The summed E-state index contributed by atoms with van der Waals surface area (Å²) >= 11 is 0. The monoisotopic (exact) mass is 356 g/mol. The molecular formula is C19H24N4O3. The number of anilines is 2. The highest BCUT2D eigenvalue weighted by atomic mass is 16.5. The summed E-state index contributed by atoms with van der Waals surface area (Å²) in [7, 11) is 1.59. The zero-order valence-electron chi connectivity index (χ0n) is 14.9. The number of benzene rings is 1. The number of nitrogens with one attached hydrogen (secondary N) is 2. The first-order chi connectivity index (χ1) is 12.7. The van der Waals surface area contributed by atoms with Gasteiger partial charge in [0.05, 0.1) is 20.3 Å². The van der Waals surface area contributed by atoms with Gasteiger partial charge in [-0.25, -0.2) is 0 Å². The van der Waals surface area contributed by atoms with Gasteiger partial charge in [0.1, 0.15) is 11.4 Å². The number of ether oxygens (including phenoxy) is 2. The van der Waals surface area contributed by atoms with E-state index in [9.17, 15) is 4.79 Å². The molecular weight excluding hydrogens is 332 g/mol. The Morgan fingerprint density at radius 2 is 2.08 bits per heavy atom.